The molecule has 0 bridgehead atoms. The molecule has 0 unspecified atom stereocenters. The van der Waals surface area contributed by atoms with Gasteiger partial charge in [0, 0.05) is 42.6 Å². The number of nitrogens with one attached hydrogen (secondary N) is 2. The van der Waals surface area contributed by atoms with E-state index in [0.717, 1.165) is 35.5 Å². The summed E-state index contributed by atoms with van der Waals surface area (Å²) in [6, 6.07) is 7.36. The van der Waals surface area contributed by atoms with Crippen molar-refractivity contribution < 1.29 is 9.59 Å². The van der Waals surface area contributed by atoms with Crippen LogP contribution >= 0.6 is 11.6 Å². The van der Waals surface area contributed by atoms with Gasteiger partial charge in [0.2, 0.25) is 11.8 Å². The fourth-order valence-electron chi connectivity index (χ4n) is 5.17. The van der Waals surface area contributed by atoms with Gasteiger partial charge in [0.25, 0.3) is 0 Å². The minimum atomic E-state index is -0.249. The first-order valence-electron chi connectivity index (χ1n) is 14.3. The van der Waals surface area contributed by atoms with Crippen LogP contribution in [0.2, 0.25) is 5.02 Å². The minimum absolute atomic E-state index is 0.0789. The molecule has 1 saturated carbocycles. The SMILES string of the molecule is CC.O=C(Cc1ncn2ccc(Cl)cc12)Nc1cc(NCc2cn3cc(C4CC4)cc(N4CCCC4=O)c3n2)ncn1. The summed E-state index contributed by atoms with van der Waals surface area (Å²) in [5.74, 6) is 1.39. The normalized spacial score (nSPS) is 14.7. The molecule has 0 aromatic carbocycles. The standard InChI is InChI=1S/C28H26ClN9O2.C2H6/c29-19-5-7-36-16-33-21(22(36)9-19)10-26(39)35-25-11-24(31-15-32-25)30-12-20-14-37-13-18(17-3-4-17)8-23(28(37)34-20)38-6-1-2-27(38)40;1-2/h5,7-9,11,13-17H,1-4,6,10,12H2,(H2,30,31,32,35,39);1-2H3. The van der Waals surface area contributed by atoms with Crippen molar-refractivity contribution in [3.05, 3.63) is 77.5 Å². The molecule has 7 rings (SSSR count). The summed E-state index contributed by atoms with van der Waals surface area (Å²) in [6.45, 7) is 5.14. The topological polar surface area (TPSA) is 122 Å². The number of fused-ring (bicyclic) bond motifs is 2. The molecule has 216 valence electrons. The Morgan fingerprint density at radius 3 is 2.69 bits per heavy atom. The van der Waals surface area contributed by atoms with Crippen LogP contribution in [0.4, 0.5) is 17.3 Å². The molecular formula is C30H32ClN9O2. The van der Waals surface area contributed by atoms with Gasteiger partial charge in [-0.1, -0.05) is 25.4 Å². The lowest BCUT2D eigenvalue weighted by Gasteiger charge is -2.17. The highest BCUT2D eigenvalue weighted by molar-refractivity contribution is 6.30. The van der Waals surface area contributed by atoms with Crippen LogP contribution in [0, 0.1) is 0 Å². The van der Waals surface area contributed by atoms with E-state index in [1.807, 2.05) is 33.7 Å². The number of aromatic nitrogens is 6. The number of hydrogen-bond donors (Lipinski definition) is 2. The third-order valence-electron chi connectivity index (χ3n) is 7.31. The molecule has 5 aromatic heterocycles. The maximum Gasteiger partial charge on any atom is 0.231 e. The summed E-state index contributed by atoms with van der Waals surface area (Å²) in [4.78, 5) is 44.8. The highest BCUT2D eigenvalue weighted by Gasteiger charge is 2.29. The van der Waals surface area contributed by atoms with Crippen molar-refractivity contribution in [3.63, 3.8) is 0 Å². The van der Waals surface area contributed by atoms with E-state index in [9.17, 15) is 9.59 Å². The molecule has 0 spiro atoms. The number of anilines is 3. The second kappa shape index (κ2) is 11.8. The molecule has 1 aliphatic carbocycles. The summed E-state index contributed by atoms with van der Waals surface area (Å²) >= 11 is 6.11. The molecule has 11 nitrogen and oxygen atoms in total. The molecule has 1 aliphatic heterocycles. The zero-order valence-corrected chi connectivity index (χ0v) is 24.3. The van der Waals surface area contributed by atoms with Crippen molar-refractivity contribution in [2.24, 2.45) is 0 Å². The van der Waals surface area contributed by atoms with E-state index < -0.39 is 0 Å². The van der Waals surface area contributed by atoms with Crippen LogP contribution in [0.15, 0.2) is 55.5 Å². The predicted molar refractivity (Wildman–Crippen MR) is 162 cm³/mol. The van der Waals surface area contributed by atoms with Crippen molar-refractivity contribution in [2.75, 3.05) is 22.1 Å². The number of pyridine rings is 2. The molecule has 0 atom stereocenters. The lowest BCUT2D eigenvalue weighted by molar-refractivity contribution is -0.117. The zero-order valence-electron chi connectivity index (χ0n) is 23.5. The van der Waals surface area contributed by atoms with Gasteiger partial charge in [0.15, 0.2) is 5.65 Å². The molecule has 1 saturated heterocycles. The third kappa shape index (κ3) is 5.78. The smallest absolute Gasteiger partial charge is 0.231 e. The van der Waals surface area contributed by atoms with E-state index in [0.29, 0.717) is 41.2 Å². The van der Waals surface area contributed by atoms with Gasteiger partial charge in [-0.15, -0.1) is 0 Å². The van der Waals surface area contributed by atoms with Gasteiger partial charge >= 0.3 is 0 Å². The van der Waals surface area contributed by atoms with Gasteiger partial charge in [-0.2, -0.15) is 0 Å². The van der Waals surface area contributed by atoms with Gasteiger partial charge in [-0.25, -0.2) is 19.9 Å². The number of carbonyl (C=O) groups is 2. The lowest BCUT2D eigenvalue weighted by Crippen LogP contribution is -2.24. The first-order valence-corrected chi connectivity index (χ1v) is 14.7. The molecule has 2 aliphatic rings. The predicted octanol–water partition coefficient (Wildman–Crippen LogP) is 5.25. The Balaban J connectivity index is 0.00000155. The van der Waals surface area contributed by atoms with E-state index in [4.69, 9.17) is 16.6 Å². The molecule has 0 radical (unpaired) electrons. The average molecular weight is 586 g/mol. The van der Waals surface area contributed by atoms with E-state index in [-0.39, 0.29) is 18.2 Å². The fraction of sp³-hybridized carbons (Fsp3) is 0.333. The highest BCUT2D eigenvalue weighted by Crippen LogP contribution is 2.42. The van der Waals surface area contributed by atoms with Gasteiger partial charge in [0.1, 0.15) is 18.0 Å². The highest BCUT2D eigenvalue weighted by atomic mass is 35.5. The molecule has 42 heavy (non-hydrogen) atoms. The van der Waals surface area contributed by atoms with Gasteiger partial charge in [-0.3, -0.25) is 9.59 Å². The first-order chi connectivity index (χ1) is 20.5. The maximum absolute atomic E-state index is 12.7. The number of hydrogen-bond acceptors (Lipinski definition) is 7. The van der Waals surface area contributed by atoms with Crippen LogP contribution in [0.1, 0.15) is 62.4 Å². The Morgan fingerprint density at radius 2 is 1.90 bits per heavy atom. The Labute approximate surface area is 248 Å². The summed E-state index contributed by atoms with van der Waals surface area (Å²) < 4.78 is 3.85. The number of rotatable bonds is 8. The van der Waals surface area contributed by atoms with Gasteiger partial charge in [-0.05, 0) is 48.9 Å². The Hall–Kier alpha value is -4.51. The van der Waals surface area contributed by atoms with E-state index in [1.165, 1.54) is 24.7 Å². The Morgan fingerprint density at radius 1 is 1.07 bits per heavy atom. The van der Waals surface area contributed by atoms with Crippen molar-refractivity contribution in [1.82, 2.24) is 28.7 Å². The molecule has 2 N–H and O–H groups in total. The number of halogens is 1. The lowest BCUT2D eigenvalue weighted by atomic mass is 10.1. The zero-order chi connectivity index (χ0) is 29.2. The molecule has 2 amide bonds. The Kier molecular flexibility index (Phi) is 7.75. The molecular weight excluding hydrogens is 554 g/mol. The molecule has 2 fully saturated rings. The van der Waals surface area contributed by atoms with Crippen LogP contribution in [-0.2, 0) is 22.6 Å². The van der Waals surface area contributed by atoms with Crippen molar-refractivity contribution >= 4 is 51.9 Å². The van der Waals surface area contributed by atoms with Crippen LogP contribution in [0.25, 0.3) is 11.2 Å². The summed E-state index contributed by atoms with van der Waals surface area (Å²) in [5.41, 5.74) is 5.14. The molecule has 5 aromatic rings. The minimum Gasteiger partial charge on any atom is -0.364 e. The maximum atomic E-state index is 12.7. The number of nitrogens with zero attached hydrogens (tertiary/aromatic N) is 7. The van der Waals surface area contributed by atoms with E-state index in [1.54, 1.807) is 30.7 Å². The van der Waals surface area contributed by atoms with Crippen LogP contribution in [-0.4, -0.2) is 47.1 Å². The largest absolute Gasteiger partial charge is 0.364 e. The van der Waals surface area contributed by atoms with Crippen molar-refractivity contribution in [2.45, 2.75) is 58.4 Å². The van der Waals surface area contributed by atoms with Gasteiger partial charge < -0.3 is 24.3 Å². The summed E-state index contributed by atoms with van der Waals surface area (Å²) in [6.07, 6.45) is 12.9. The summed E-state index contributed by atoms with van der Waals surface area (Å²) in [5, 5.41) is 6.67. The van der Waals surface area contributed by atoms with Gasteiger partial charge in [0.05, 0.1) is 41.9 Å². The number of imidazole rings is 2. The average Bonchev–Trinajstić information content (AvgIpc) is 3.44. The van der Waals surface area contributed by atoms with Crippen LogP contribution < -0.4 is 15.5 Å². The van der Waals surface area contributed by atoms with Crippen molar-refractivity contribution in [3.8, 4) is 0 Å². The molecule has 6 heterocycles. The quantitative estimate of drug-likeness (QED) is 0.255. The first kappa shape index (κ1) is 27.6. The van der Waals surface area contributed by atoms with Crippen LogP contribution in [0.5, 0.6) is 0 Å². The second-order valence-corrected chi connectivity index (χ2v) is 10.7. The fourth-order valence-corrected chi connectivity index (χ4v) is 5.33. The number of carbonyl (C=O) groups excluding carboxylic acids is 2. The summed E-state index contributed by atoms with van der Waals surface area (Å²) in [7, 11) is 0. The van der Waals surface area contributed by atoms with E-state index in [2.05, 4.69) is 37.8 Å². The Bertz CT molecular complexity index is 1780. The number of amides is 2. The molecule has 12 heteroatoms. The van der Waals surface area contributed by atoms with Crippen molar-refractivity contribution in [1.29, 1.82) is 0 Å². The second-order valence-electron chi connectivity index (χ2n) is 10.2. The van der Waals surface area contributed by atoms with E-state index >= 15 is 0 Å². The third-order valence-corrected chi connectivity index (χ3v) is 7.54. The van der Waals surface area contributed by atoms with Crippen LogP contribution in [0.3, 0.4) is 0 Å². The monoisotopic (exact) mass is 585 g/mol.